The van der Waals surface area contributed by atoms with Gasteiger partial charge in [-0.1, -0.05) is 39.0 Å². The zero-order valence-electron chi connectivity index (χ0n) is 17.1. The Kier molecular flexibility index (Phi) is 4.74. The lowest BCUT2D eigenvalue weighted by atomic mass is 9.65. The smallest absolute Gasteiger partial charge is 0.226 e. The van der Waals surface area contributed by atoms with Crippen molar-refractivity contribution in [2.75, 3.05) is 19.6 Å². The quantitative estimate of drug-likeness (QED) is 0.873. The summed E-state index contributed by atoms with van der Waals surface area (Å²) >= 11 is 0. The van der Waals surface area contributed by atoms with E-state index in [0.29, 0.717) is 28.5 Å². The van der Waals surface area contributed by atoms with Crippen molar-refractivity contribution in [3.63, 3.8) is 0 Å². The molecule has 1 aliphatic carbocycles. The zero-order valence-corrected chi connectivity index (χ0v) is 17.1. The van der Waals surface area contributed by atoms with E-state index in [2.05, 4.69) is 30.6 Å². The van der Waals surface area contributed by atoms with E-state index >= 15 is 0 Å². The normalized spacial score (nSPS) is 31.2. The Morgan fingerprint density at radius 1 is 1.15 bits per heavy atom. The number of amides is 1. The van der Waals surface area contributed by atoms with Crippen LogP contribution in [0.1, 0.15) is 58.4 Å². The van der Waals surface area contributed by atoms with Crippen molar-refractivity contribution in [3.8, 4) is 5.75 Å². The van der Waals surface area contributed by atoms with Gasteiger partial charge in [0.2, 0.25) is 5.91 Å². The van der Waals surface area contributed by atoms with Gasteiger partial charge in [0.1, 0.15) is 5.75 Å². The molecule has 0 spiro atoms. The molecule has 1 saturated carbocycles. The van der Waals surface area contributed by atoms with Gasteiger partial charge in [-0.2, -0.15) is 0 Å². The second kappa shape index (κ2) is 6.80. The number of para-hydroxylation sites is 1. The summed E-state index contributed by atoms with van der Waals surface area (Å²) in [6.07, 6.45) is 5.46. The highest BCUT2D eigenvalue weighted by Gasteiger charge is 2.51. The second-order valence-corrected chi connectivity index (χ2v) is 10.4. The van der Waals surface area contributed by atoms with E-state index in [-0.39, 0.29) is 5.92 Å². The Hall–Kier alpha value is -1.55. The van der Waals surface area contributed by atoms with Gasteiger partial charge in [-0.25, -0.2) is 0 Å². The summed E-state index contributed by atoms with van der Waals surface area (Å²) in [5, 5.41) is 9.99. The number of phenolic OH excluding ortho intramolecular Hbond substituents is 1. The minimum Gasteiger partial charge on any atom is -0.508 e. The van der Waals surface area contributed by atoms with Gasteiger partial charge in [-0.3, -0.25) is 9.69 Å². The number of rotatable bonds is 3. The van der Waals surface area contributed by atoms with Gasteiger partial charge in [0.25, 0.3) is 0 Å². The number of hydrogen-bond acceptors (Lipinski definition) is 3. The lowest BCUT2D eigenvalue weighted by molar-refractivity contribution is -0.138. The van der Waals surface area contributed by atoms with Crippen molar-refractivity contribution in [1.29, 1.82) is 0 Å². The summed E-state index contributed by atoms with van der Waals surface area (Å²) in [4.78, 5) is 17.9. The van der Waals surface area contributed by atoms with Gasteiger partial charge in [0.05, 0.1) is 0 Å². The van der Waals surface area contributed by atoms with Crippen LogP contribution in [-0.4, -0.2) is 46.5 Å². The van der Waals surface area contributed by atoms with Crippen LogP contribution < -0.4 is 0 Å². The molecule has 2 heterocycles. The minimum atomic E-state index is 0.177. The molecule has 3 fully saturated rings. The summed E-state index contributed by atoms with van der Waals surface area (Å²) in [6.45, 7) is 10.7. The number of benzene rings is 1. The van der Waals surface area contributed by atoms with Crippen LogP contribution in [0.25, 0.3) is 0 Å². The van der Waals surface area contributed by atoms with Crippen molar-refractivity contribution in [1.82, 2.24) is 9.80 Å². The molecule has 2 bridgehead atoms. The summed E-state index contributed by atoms with van der Waals surface area (Å²) in [7, 11) is 0. The molecule has 0 aromatic heterocycles. The molecule has 2 aliphatic heterocycles. The number of aromatic hydroxyl groups is 1. The first kappa shape index (κ1) is 18.8. The Bertz CT molecular complexity index is 708. The van der Waals surface area contributed by atoms with Gasteiger partial charge in [-0.15, -0.1) is 0 Å². The Labute approximate surface area is 163 Å². The third kappa shape index (κ3) is 3.87. The number of likely N-dealkylation sites (tertiary alicyclic amines) is 2. The largest absolute Gasteiger partial charge is 0.508 e. The molecule has 27 heavy (non-hydrogen) atoms. The summed E-state index contributed by atoms with van der Waals surface area (Å²) in [5.74, 6) is 0.955. The standard InChI is InChI=1S/C23H34N2O2/c1-22(2)12-19-13-23(3,15-22)16-25(19)21(27)17-8-10-24(11-9-17)14-18-6-4-5-7-20(18)26/h4-7,17,19,26H,8-16H2,1-3H3/t19-,23-/m1/s1. The molecule has 1 N–H and O–H groups in total. The van der Waals surface area contributed by atoms with E-state index in [9.17, 15) is 9.90 Å². The molecule has 1 aromatic carbocycles. The molecule has 148 valence electrons. The lowest BCUT2D eigenvalue weighted by Gasteiger charge is -2.40. The number of hydrogen-bond donors (Lipinski definition) is 1. The van der Waals surface area contributed by atoms with Crippen LogP contribution in [0.4, 0.5) is 0 Å². The van der Waals surface area contributed by atoms with E-state index in [1.165, 1.54) is 12.8 Å². The van der Waals surface area contributed by atoms with Crippen LogP contribution in [0.15, 0.2) is 24.3 Å². The monoisotopic (exact) mass is 370 g/mol. The first-order chi connectivity index (χ1) is 12.7. The van der Waals surface area contributed by atoms with Gasteiger partial charge in [-0.05, 0) is 62.1 Å². The number of carbonyl (C=O) groups is 1. The number of nitrogens with zero attached hydrogens (tertiary/aromatic N) is 2. The van der Waals surface area contributed by atoms with Crippen LogP contribution in [0, 0.1) is 16.7 Å². The molecule has 3 aliphatic rings. The fourth-order valence-electron chi connectivity index (χ4n) is 6.18. The topological polar surface area (TPSA) is 43.8 Å². The summed E-state index contributed by atoms with van der Waals surface area (Å²) in [5.41, 5.74) is 1.65. The van der Waals surface area contributed by atoms with Crippen LogP contribution in [0.3, 0.4) is 0 Å². The van der Waals surface area contributed by atoms with Crippen molar-refractivity contribution < 1.29 is 9.90 Å². The maximum absolute atomic E-state index is 13.3. The van der Waals surface area contributed by atoms with Crippen LogP contribution in [0.5, 0.6) is 5.75 Å². The predicted octanol–water partition coefficient (Wildman–Crippen LogP) is 4.03. The highest BCUT2D eigenvalue weighted by Crippen LogP contribution is 2.52. The van der Waals surface area contributed by atoms with E-state index in [1.807, 2.05) is 18.2 Å². The molecule has 1 aromatic rings. The number of phenols is 1. The third-order valence-electron chi connectivity index (χ3n) is 7.02. The van der Waals surface area contributed by atoms with E-state index in [0.717, 1.165) is 51.0 Å². The molecular formula is C23H34N2O2. The molecule has 4 heteroatoms. The SMILES string of the molecule is CC1(C)C[C@@H]2C[C@@](C)(CN2C(=O)C2CCN(Cc3ccccc3O)CC2)C1. The van der Waals surface area contributed by atoms with Crippen LogP contribution in [0.2, 0.25) is 0 Å². The van der Waals surface area contributed by atoms with Gasteiger partial charge < -0.3 is 10.0 Å². The molecule has 2 atom stereocenters. The van der Waals surface area contributed by atoms with Crippen molar-refractivity contribution in [2.24, 2.45) is 16.7 Å². The van der Waals surface area contributed by atoms with E-state index < -0.39 is 0 Å². The fraction of sp³-hybridized carbons (Fsp3) is 0.696. The van der Waals surface area contributed by atoms with Crippen molar-refractivity contribution in [2.45, 2.75) is 65.5 Å². The molecule has 0 unspecified atom stereocenters. The molecule has 4 nitrogen and oxygen atoms in total. The van der Waals surface area contributed by atoms with E-state index in [1.54, 1.807) is 6.07 Å². The van der Waals surface area contributed by atoms with Crippen molar-refractivity contribution >= 4 is 5.91 Å². The lowest BCUT2D eigenvalue weighted by Crippen LogP contribution is -2.44. The molecule has 2 saturated heterocycles. The van der Waals surface area contributed by atoms with Crippen LogP contribution in [-0.2, 0) is 11.3 Å². The third-order valence-corrected chi connectivity index (χ3v) is 7.02. The summed E-state index contributed by atoms with van der Waals surface area (Å²) < 4.78 is 0. The first-order valence-corrected chi connectivity index (χ1v) is 10.5. The van der Waals surface area contributed by atoms with Crippen LogP contribution >= 0.6 is 0 Å². The number of piperidine rings is 1. The van der Waals surface area contributed by atoms with E-state index in [4.69, 9.17) is 0 Å². The summed E-state index contributed by atoms with van der Waals surface area (Å²) in [6, 6.07) is 8.01. The Balaban J connectivity index is 1.35. The molecule has 4 rings (SSSR count). The van der Waals surface area contributed by atoms with Gasteiger partial charge in [0.15, 0.2) is 0 Å². The first-order valence-electron chi connectivity index (χ1n) is 10.5. The Morgan fingerprint density at radius 2 is 1.85 bits per heavy atom. The highest BCUT2D eigenvalue weighted by atomic mass is 16.3. The predicted molar refractivity (Wildman–Crippen MR) is 107 cm³/mol. The number of fused-ring (bicyclic) bond motifs is 2. The minimum absolute atomic E-state index is 0.177. The average molecular weight is 371 g/mol. The molecule has 1 amide bonds. The fourth-order valence-corrected chi connectivity index (χ4v) is 6.18. The number of carbonyl (C=O) groups excluding carboxylic acids is 1. The maximum atomic E-state index is 13.3. The zero-order chi connectivity index (χ0) is 19.2. The maximum Gasteiger partial charge on any atom is 0.226 e. The highest BCUT2D eigenvalue weighted by molar-refractivity contribution is 5.79. The van der Waals surface area contributed by atoms with Gasteiger partial charge in [0, 0.05) is 30.6 Å². The molecular weight excluding hydrogens is 336 g/mol. The molecule has 0 radical (unpaired) electrons. The Morgan fingerprint density at radius 3 is 2.56 bits per heavy atom. The average Bonchev–Trinajstić information content (AvgIpc) is 2.86. The van der Waals surface area contributed by atoms with Gasteiger partial charge >= 0.3 is 0 Å². The second-order valence-electron chi connectivity index (χ2n) is 10.4. The van der Waals surface area contributed by atoms with Crippen molar-refractivity contribution in [3.05, 3.63) is 29.8 Å².